The third-order valence-electron chi connectivity index (χ3n) is 1.62. The molecule has 0 aliphatic rings. The van der Waals surface area contributed by atoms with Crippen LogP contribution in [-0.2, 0) is 0 Å². The average molecular weight is 191 g/mol. The van der Waals surface area contributed by atoms with E-state index in [4.69, 9.17) is 5.11 Å². The second kappa shape index (κ2) is 3.25. The quantitative estimate of drug-likeness (QED) is 0.756. The molecule has 0 spiro atoms. The average Bonchev–Trinajstić information content (AvgIpc) is 2.67. The first-order valence-electron chi connectivity index (χ1n) is 3.73. The molecule has 2 rings (SSSR count). The van der Waals surface area contributed by atoms with Crippen molar-refractivity contribution in [1.29, 1.82) is 0 Å². The van der Waals surface area contributed by atoms with Crippen molar-refractivity contribution in [2.45, 2.75) is 0 Å². The molecule has 0 aromatic carbocycles. The smallest absolute Gasteiger partial charge is 0.341 e. The van der Waals surface area contributed by atoms with Gasteiger partial charge in [0.1, 0.15) is 23.8 Å². The van der Waals surface area contributed by atoms with Crippen LogP contribution in [0.3, 0.4) is 0 Å². The Morgan fingerprint density at radius 3 is 3.00 bits per heavy atom. The number of nitrogens with zero attached hydrogens (tertiary/aromatic N) is 3. The van der Waals surface area contributed by atoms with Gasteiger partial charge in [0.25, 0.3) is 0 Å². The summed E-state index contributed by atoms with van der Waals surface area (Å²) in [6.07, 6.45) is 3.89. The van der Waals surface area contributed by atoms with Gasteiger partial charge in [-0.3, -0.25) is 0 Å². The van der Waals surface area contributed by atoms with Crippen molar-refractivity contribution >= 4 is 5.97 Å². The summed E-state index contributed by atoms with van der Waals surface area (Å²) in [5.74, 6) is -1.10. The molecule has 6 nitrogen and oxygen atoms in total. The summed E-state index contributed by atoms with van der Waals surface area (Å²) in [5, 5.41) is 12.3. The van der Waals surface area contributed by atoms with Crippen molar-refractivity contribution in [3.63, 3.8) is 0 Å². The van der Waals surface area contributed by atoms with Crippen LogP contribution in [0.4, 0.5) is 0 Å². The lowest BCUT2D eigenvalue weighted by Crippen LogP contribution is -1.97. The van der Waals surface area contributed by atoms with E-state index in [1.54, 1.807) is 6.07 Å². The summed E-state index contributed by atoms with van der Waals surface area (Å²) in [5.41, 5.74) is 0.620. The minimum absolute atomic E-state index is 0.0105. The van der Waals surface area contributed by atoms with Crippen LogP contribution in [0.25, 0.3) is 11.4 Å². The molecule has 2 aromatic rings. The fraction of sp³-hybridized carbons (Fsp3) is 0. The van der Waals surface area contributed by atoms with Crippen molar-refractivity contribution < 1.29 is 14.4 Å². The van der Waals surface area contributed by atoms with E-state index in [0.29, 0.717) is 5.69 Å². The molecule has 0 bridgehead atoms. The minimum atomic E-state index is -1.10. The van der Waals surface area contributed by atoms with Crippen molar-refractivity contribution in [1.82, 2.24) is 15.1 Å². The predicted molar refractivity (Wildman–Crippen MR) is 44.5 cm³/mol. The zero-order valence-corrected chi connectivity index (χ0v) is 6.91. The number of aromatic nitrogens is 3. The highest BCUT2D eigenvalue weighted by Gasteiger charge is 2.16. The van der Waals surface area contributed by atoms with E-state index in [0.717, 1.165) is 6.26 Å². The van der Waals surface area contributed by atoms with Crippen molar-refractivity contribution in [3.05, 3.63) is 30.4 Å². The molecule has 0 amide bonds. The van der Waals surface area contributed by atoms with Gasteiger partial charge in [0, 0.05) is 6.20 Å². The first-order chi connectivity index (χ1) is 6.79. The normalized spacial score (nSPS) is 10.0. The fourth-order valence-corrected chi connectivity index (χ4v) is 1.00. The molecule has 0 aliphatic carbocycles. The lowest BCUT2D eigenvalue weighted by molar-refractivity contribution is 0.0697. The molecule has 0 unspecified atom stereocenters. The molecule has 14 heavy (non-hydrogen) atoms. The monoisotopic (exact) mass is 191 g/mol. The Balaban J connectivity index is 2.52. The SMILES string of the molecule is O=C(O)c1conc1-c1ccncn1. The van der Waals surface area contributed by atoms with Gasteiger partial charge in [-0.05, 0) is 6.07 Å². The Morgan fingerprint density at radius 2 is 2.36 bits per heavy atom. The number of aromatic carboxylic acids is 1. The molecular formula is C8H5N3O3. The topological polar surface area (TPSA) is 89.1 Å². The van der Waals surface area contributed by atoms with Crippen LogP contribution in [0.5, 0.6) is 0 Å². The Hall–Kier alpha value is -2.24. The van der Waals surface area contributed by atoms with E-state index >= 15 is 0 Å². The molecule has 2 heterocycles. The molecule has 0 saturated carbocycles. The van der Waals surface area contributed by atoms with Crippen LogP contribution >= 0.6 is 0 Å². The zero-order chi connectivity index (χ0) is 9.97. The number of hydrogen-bond donors (Lipinski definition) is 1. The molecule has 0 fully saturated rings. The van der Waals surface area contributed by atoms with Gasteiger partial charge in [-0.15, -0.1) is 0 Å². The Labute approximate surface area is 78.2 Å². The van der Waals surface area contributed by atoms with E-state index in [2.05, 4.69) is 19.6 Å². The third-order valence-corrected chi connectivity index (χ3v) is 1.62. The second-order valence-corrected chi connectivity index (χ2v) is 2.48. The highest BCUT2D eigenvalue weighted by Crippen LogP contribution is 2.18. The summed E-state index contributed by atoms with van der Waals surface area (Å²) in [7, 11) is 0. The molecule has 70 valence electrons. The second-order valence-electron chi connectivity index (χ2n) is 2.48. The molecule has 0 saturated heterocycles. The van der Waals surface area contributed by atoms with Crippen molar-refractivity contribution in [2.75, 3.05) is 0 Å². The minimum Gasteiger partial charge on any atom is -0.477 e. The van der Waals surface area contributed by atoms with Gasteiger partial charge >= 0.3 is 5.97 Å². The summed E-state index contributed by atoms with van der Waals surface area (Å²) in [6, 6.07) is 1.56. The number of carboxylic acid groups (broad SMARTS) is 1. The fourth-order valence-electron chi connectivity index (χ4n) is 1.00. The number of rotatable bonds is 2. The predicted octanol–water partition coefficient (Wildman–Crippen LogP) is 0.830. The van der Waals surface area contributed by atoms with E-state index in [1.807, 2.05) is 0 Å². The maximum atomic E-state index is 10.7. The Kier molecular flexibility index (Phi) is 1.94. The standard InChI is InChI=1S/C8H5N3O3/c12-8(13)5-3-14-11-7(5)6-1-2-9-4-10-6/h1-4H,(H,12,13). The lowest BCUT2D eigenvalue weighted by atomic mass is 10.2. The maximum absolute atomic E-state index is 10.7. The highest BCUT2D eigenvalue weighted by molar-refractivity contribution is 5.93. The summed E-state index contributed by atoms with van der Waals surface area (Å²) < 4.78 is 4.57. The van der Waals surface area contributed by atoms with Crippen LogP contribution in [-0.4, -0.2) is 26.2 Å². The number of carbonyl (C=O) groups is 1. The molecule has 6 heteroatoms. The maximum Gasteiger partial charge on any atom is 0.341 e. The van der Waals surface area contributed by atoms with Crippen LogP contribution in [0.2, 0.25) is 0 Å². The molecule has 1 N–H and O–H groups in total. The van der Waals surface area contributed by atoms with Gasteiger partial charge in [0.05, 0.1) is 5.69 Å². The van der Waals surface area contributed by atoms with Gasteiger partial charge in [-0.1, -0.05) is 5.16 Å². The van der Waals surface area contributed by atoms with E-state index in [1.165, 1.54) is 12.5 Å². The summed E-state index contributed by atoms with van der Waals surface area (Å²) in [6.45, 7) is 0. The highest BCUT2D eigenvalue weighted by atomic mass is 16.5. The van der Waals surface area contributed by atoms with Gasteiger partial charge in [-0.2, -0.15) is 0 Å². The molecule has 0 radical (unpaired) electrons. The Bertz CT molecular complexity index is 452. The first kappa shape index (κ1) is 8.36. The summed E-state index contributed by atoms with van der Waals surface area (Å²) in [4.78, 5) is 18.3. The van der Waals surface area contributed by atoms with Crippen LogP contribution in [0, 0.1) is 0 Å². The molecule has 2 aromatic heterocycles. The van der Waals surface area contributed by atoms with Gasteiger partial charge in [0.2, 0.25) is 0 Å². The third kappa shape index (κ3) is 1.33. The van der Waals surface area contributed by atoms with Crippen LogP contribution < -0.4 is 0 Å². The largest absolute Gasteiger partial charge is 0.477 e. The molecule has 0 atom stereocenters. The van der Waals surface area contributed by atoms with E-state index < -0.39 is 5.97 Å². The zero-order valence-electron chi connectivity index (χ0n) is 6.91. The molecular weight excluding hydrogens is 186 g/mol. The summed E-state index contributed by atoms with van der Waals surface area (Å²) >= 11 is 0. The van der Waals surface area contributed by atoms with Gasteiger partial charge in [-0.25, -0.2) is 14.8 Å². The first-order valence-corrected chi connectivity index (χ1v) is 3.73. The van der Waals surface area contributed by atoms with Crippen LogP contribution in [0.15, 0.2) is 29.4 Å². The van der Waals surface area contributed by atoms with Crippen molar-refractivity contribution in [3.8, 4) is 11.4 Å². The van der Waals surface area contributed by atoms with E-state index in [9.17, 15) is 4.79 Å². The van der Waals surface area contributed by atoms with Gasteiger partial charge < -0.3 is 9.63 Å². The number of carboxylic acids is 1. The molecule has 0 aliphatic heterocycles. The Morgan fingerprint density at radius 1 is 1.50 bits per heavy atom. The van der Waals surface area contributed by atoms with Crippen molar-refractivity contribution in [2.24, 2.45) is 0 Å². The number of hydrogen-bond acceptors (Lipinski definition) is 5. The van der Waals surface area contributed by atoms with E-state index in [-0.39, 0.29) is 11.3 Å². The lowest BCUT2D eigenvalue weighted by Gasteiger charge is -1.93. The van der Waals surface area contributed by atoms with Crippen LogP contribution in [0.1, 0.15) is 10.4 Å². The van der Waals surface area contributed by atoms with Gasteiger partial charge in [0.15, 0.2) is 0 Å².